The molecule has 0 saturated carbocycles. The molecular weight excluding hydrogens is 253 g/mol. The highest BCUT2D eigenvalue weighted by Gasteiger charge is 2.21. The molecule has 0 spiro atoms. The largest absolute Gasteiger partial charge is 0.477 e. The van der Waals surface area contributed by atoms with Crippen molar-refractivity contribution in [2.24, 2.45) is 0 Å². The van der Waals surface area contributed by atoms with E-state index in [1.165, 1.54) is 17.1 Å². The molecule has 0 unspecified atom stereocenters. The minimum absolute atomic E-state index is 0.227. The number of rotatable bonds is 6. The lowest BCUT2D eigenvalue weighted by Gasteiger charge is -2.18. The lowest BCUT2D eigenvalue weighted by atomic mass is 10.3. The van der Waals surface area contributed by atoms with E-state index in [1.807, 2.05) is 0 Å². The summed E-state index contributed by atoms with van der Waals surface area (Å²) in [5.74, 6) is -2.12. The van der Waals surface area contributed by atoms with Gasteiger partial charge >= 0.3 is 5.97 Å². The van der Waals surface area contributed by atoms with Crippen LogP contribution in [0.25, 0.3) is 0 Å². The van der Waals surface area contributed by atoms with Crippen LogP contribution in [-0.4, -0.2) is 35.0 Å². The van der Waals surface area contributed by atoms with Gasteiger partial charge in [-0.05, 0) is 0 Å². The normalized spacial score (nSPS) is 11.4. The minimum Gasteiger partial charge on any atom is -0.477 e. The maximum Gasteiger partial charge on any atom is 0.349 e. The highest BCUT2D eigenvalue weighted by molar-refractivity contribution is 6.53. The number of carboxylic acid groups (broad SMARTS) is 1. The predicted molar refractivity (Wildman–Crippen MR) is 63.3 cm³/mol. The van der Waals surface area contributed by atoms with Crippen LogP contribution in [0.3, 0.4) is 0 Å². The van der Waals surface area contributed by atoms with Crippen LogP contribution < -0.4 is 0 Å². The highest BCUT2D eigenvalue weighted by atomic mass is 35.5. The fourth-order valence-corrected chi connectivity index (χ4v) is 1.16. The van der Waals surface area contributed by atoms with E-state index in [0.29, 0.717) is 0 Å². The van der Waals surface area contributed by atoms with Gasteiger partial charge in [0.25, 0.3) is 5.91 Å². The van der Waals surface area contributed by atoms with Gasteiger partial charge in [-0.2, -0.15) is 0 Å². The van der Waals surface area contributed by atoms with Crippen molar-refractivity contribution in [1.82, 2.24) is 4.90 Å². The van der Waals surface area contributed by atoms with Gasteiger partial charge in [0, 0.05) is 13.1 Å². The molecule has 0 atom stereocenters. The maximum atomic E-state index is 11.7. The zero-order valence-corrected chi connectivity index (χ0v) is 9.96. The van der Waals surface area contributed by atoms with Gasteiger partial charge in [0.2, 0.25) is 0 Å². The molecule has 0 aromatic heterocycles. The standard InChI is InChI=1S/C10H11Cl2NO3/c1-3-5-13(6-4-2)9(14)7(11)8(12)10(15)16/h3-4H,1-2,5-6H2,(H,15,16). The predicted octanol–water partition coefficient (Wildman–Crippen LogP) is 1.96. The van der Waals surface area contributed by atoms with Gasteiger partial charge in [-0.15, -0.1) is 13.2 Å². The molecule has 0 aliphatic rings. The molecule has 0 rings (SSSR count). The number of carboxylic acids is 1. The lowest BCUT2D eigenvalue weighted by Crippen LogP contribution is -2.32. The molecule has 88 valence electrons. The summed E-state index contributed by atoms with van der Waals surface area (Å²) < 4.78 is 0. The third-order valence-corrected chi connectivity index (χ3v) is 2.35. The molecule has 0 fully saturated rings. The van der Waals surface area contributed by atoms with Crippen molar-refractivity contribution < 1.29 is 14.7 Å². The van der Waals surface area contributed by atoms with Gasteiger partial charge in [-0.25, -0.2) is 4.79 Å². The quantitative estimate of drug-likeness (QED) is 0.589. The van der Waals surface area contributed by atoms with Crippen molar-refractivity contribution in [1.29, 1.82) is 0 Å². The van der Waals surface area contributed by atoms with E-state index in [0.717, 1.165) is 0 Å². The van der Waals surface area contributed by atoms with Gasteiger partial charge < -0.3 is 10.0 Å². The topological polar surface area (TPSA) is 57.6 Å². The van der Waals surface area contributed by atoms with E-state index in [9.17, 15) is 9.59 Å². The lowest BCUT2D eigenvalue weighted by molar-refractivity contribution is -0.132. The molecule has 0 aliphatic heterocycles. The number of halogens is 2. The first-order valence-corrected chi connectivity index (χ1v) is 5.00. The third-order valence-electron chi connectivity index (χ3n) is 1.55. The zero-order valence-electron chi connectivity index (χ0n) is 8.45. The average Bonchev–Trinajstić information content (AvgIpc) is 2.25. The molecule has 6 heteroatoms. The molecule has 0 heterocycles. The number of hydrogen-bond acceptors (Lipinski definition) is 2. The highest BCUT2D eigenvalue weighted by Crippen LogP contribution is 2.17. The van der Waals surface area contributed by atoms with E-state index >= 15 is 0 Å². The third kappa shape index (κ3) is 4.08. The Morgan fingerprint density at radius 2 is 1.56 bits per heavy atom. The summed E-state index contributed by atoms with van der Waals surface area (Å²) in [4.78, 5) is 23.4. The van der Waals surface area contributed by atoms with Crippen LogP contribution in [0, 0.1) is 0 Å². The Kier molecular flexibility index (Phi) is 6.53. The van der Waals surface area contributed by atoms with Gasteiger partial charge in [0.05, 0.1) is 0 Å². The summed E-state index contributed by atoms with van der Waals surface area (Å²) in [7, 11) is 0. The van der Waals surface area contributed by atoms with Crippen molar-refractivity contribution in [3.05, 3.63) is 35.4 Å². The number of hydrogen-bond donors (Lipinski definition) is 1. The number of nitrogens with zero attached hydrogens (tertiary/aromatic N) is 1. The van der Waals surface area contributed by atoms with Gasteiger partial charge in [0.15, 0.2) is 0 Å². The summed E-state index contributed by atoms with van der Waals surface area (Å²) in [6, 6.07) is 0. The van der Waals surface area contributed by atoms with Crippen molar-refractivity contribution in [3.8, 4) is 0 Å². The Morgan fingerprint density at radius 3 is 1.88 bits per heavy atom. The summed E-state index contributed by atoms with van der Waals surface area (Å²) in [6.07, 6.45) is 2.97. The molecular formula is C10H11Cl2NO3. The van der Waals surface area contributed by atoms with Gasteiger partial charge in [-0.3, -0.25) is 4.79 Å². The molecule has 0 bridgehead atoms. The van der Waals surface area contributed by atoms with E-state index in [1.54, 1.807) is 0 Å². The molecule has 0 radical (unpaired) electrons. The molecule has 0 aliphatic carbocycles. The number of carbonyl (C=O) groups excluding carboxylic acids is 1. The Balaban J connectivity index is 4.99. The molecule has 4 nitrogen and oxygen atoms in total. The van der Waals surface area contributed by atoms with Crippen molar-refractivity contribution in [2.45, 2.75) is 0 Å². The monoisotopic (exact) mass is 263 g/mol. The fraction of sp³-hybridized carbons (Fsp3) is 0.200. The van der Waals surface area contributed by atoms with E-state index < -0.39 is 21.9 Å². The van der Waals surface area contributed by atoms with Crippen LogP contribution in [0.15, 0.2) is 35.4 Å². The Labute approximate surface area is 103 Å². The smallest absolute Gasteiger partial charge is 0.349 e. The van der Waals surface area contributed by atoms with E-state index in [-0.39, 0.29) is 13.1 Å². The van der Waals surface area contributed by atoms with Crippen LogP contribution in [0.5, 0.6) is 0 Å². The van der Waals surface area contributed by atoms with E-state index in [4.69, 9.17) is 28.3 Å². The summed E-state index contributed by atoms with van der Waals surface area (Å²) in [5.41, 5.74) is 0. The second-order valence-electron chi connectivity index (χ2n) is 2.72. The Hall–Kier alpha value is -1.26. The number of carbonyl (C=O) groups is 2. The average molecular weight is 264 g/mol. The molecule has 0 aromatic carbocycles. The molecule has 0 saturated heterocycles. The van der Waals surface area contributed by atoms with Crippen LogP contribution in [0.4, 0.5) is 0 Å². The Morgan fingerprint density at radius 1 is 1.12 bits per heavy atom. The van der Waals surface area contributed by atoms with Crippen LogP contribution >= 0.6 is 23.2 Å². The number of aliphatic carboxylic acids is 1. The second-order valence-corrected chi connectivity index (χ2v) is 3.48. The first kappa shape index (κ1) is 14.7. The SMILES string of the molecule is C=CCN(CC=C)C(=O)C(Cl)=C(Cl)C(=O)O. The van der Waals surface area contributed by atoms with Crippen LogP contribution in [0.2, 0.25) is 0 Å². The van der Waals surface area contributed by atoms with E-state index in [2.05, 4.69) is 13.2 Å². The van der Waals surface area contributed by atoms with Crippen LogP contribution in [-0.2, 0) is 9.59 Å². The number of amides is 1. The van der Waals surface area contributed by atoms with Crippen molar-refractivity contribution in [2.75, 3.05) is 13.1 Å². The second kappa shape index (κ2) is 7.09. The maximum absolute atomic E-state index is 11.7. The van der Waals surface area contributed by atoms with Crippen molar-refractivity contribution >= 4 is 35.1 Å². The molecule has 16 heavy (non-hydrogen) atoms. The van der Waals surface area contributed by atoms with Crippen LogP contribution in [0.1, 0.15) is 0 Å². The summed E-state index contributed by atoms with van der Waals surface area (Å²) in [6.45, 7) is 7.39. The minimum atomic E-state index is -1.45. The zero-order chi connectivity index (χ0) is 12.7. The molecule has 1 amide bonds. The van der Waals surface area contributed by atoms with Gasteiger partial charge in [0.1, 0.15) is 10.1 Å². The summed E-state index contributed by atoms with van der Waals surface area (Å²) >= 11 is 10.9. The molecule has 1 N–H and O–H groups in total. The van der Waals surface area contributed by atoms with Gasteiger partial charge in [-0.1, -0.05) is 35.4 Å². The fourth-order valence-electron chi connectivity index (χ4n) is 0.879. The first-order chi connectivity index (χ1) is 7.45. The first-order valence-electron chi connectivity index (χ1n) is 4.25. The Bertz CT molecular complexity index is 340. The van der Waals surface area contributed by atoms with Crippen molar-refractivity contribution in [3.63, 3.8) is 0 Å². The molecule has 0 aromatic rings. The summed E-state index contributed by atoms with van der Waals surface area (Å²) in [5, 5.41) is 7.32.